The highest BCUT2D eigenvalue weighted by Gasteiger charge is 2.32. The number of carbonyl (C=O) groups is 1. The first kappa shape index (κ1) is 16.3. The van der Waals surface area contributed by atoms with Crippen LogP contribution in [0.1, 0.15) is 43.6 Å². The number of hydrogen-bond donors (Lipinski definition) is 0. The van der Waals surface area contributed by atoms with Crippen LogP contribution in [-0.4, -0.2) is 18.2 Å². The minimum atomic E-state index is -4.55. The SMILES string of the molecule is CC(C)OC(=O)c1cc(OC(C)C)cc(C(F)(F)F)c1. The van der Waals surface area contributed by atoms with Crippen LogP contribution in [0.5, 0.6) is 5.75 Å². The molecular formula is C14H17F3O3. The van der Waals surface area contributed by atoms with Crippen LogP contribution in [0.15, 0.2) is 18.2 Å². The maximum Gasteiger partial charge on any atom is 0.416 e. The lowest BCUT2D eigenvalue weighted by atomic mass is 10.1. The van der Waals surface area contributed by atoms with Gasteiger partial charge >= 0.3 is 12.1 Å². The van der Waals surface area contributed by atoms with E-state index in [4.69, 9.17) is 9.47 Å². The fraction of sp³-hybridized carbons (Fsp3) is 0.500. The van der Waals surface area contributed by atoms with Gasteiger partial charge in [0.25, 0.3) is 0 Å². The Morgan fingerprint density at radius 2 is 1.65 bits per heavy atom. The van der Waals surface area contributed by atoms with E-state index in [0.717, 1.165) is 12.1 Å². The van der Waals surface area contributed by atoms with E-state index in [2.05, 4.69) is 0 Å². The van der Waals surface area contributed by atoms with Crippen molar-refractivity contribution in [3.05, 3.63) is 29.3 Å². The lowest BCUT2D eigenvalue weighted by Crippen LogP contribution is -2.15. The molecule has 1 rings (SSSR count). The highest BCUT2D eigenvalue weighted by Crippen LogP contribution is 2.33. The summed E-state index contributed by atoms with van der Waals surface area (Å²) in [5.74, 6) is -0.815. The van der Waals surface area contributed by atoms with Crippen molar-refractivity contribution >= 4 is 5.97 Å². The number of carbonyl (C=O) groups excluding carboxylic acids is 1. The van der Waals surface area contributed by atoms with Crippen LogP contribution in [-0.2, 0) is 10.9 Å². The van der Waals surface area contributed by atoms with Crippen LogP contribution in [0.25, 0.3) is 0 Å². The lowest BCUT2D eigenvalue weighted by molar-refractivity contribution is -0.137. The first-order chi connectivity index (χ1) is 9.09. The Kier molecular flexibility index (Phi) is 5.03. The molecule has 0 spiro atoms. The molecule has 0 aliphatic rings. The average Bonchev–Trinajstić information content (AvgIpc) is 2.25. The van der Waals surface area contributed by atoms with Gasteiger partial charge in [-0.15, -0.1) is 0 Å². The number of rotatable bonds is 4. The summed E-state index contributed by atoms with van der Waals surface area (Å²) in [5, 5.41) is 0. The van der Waals surface area contributed by atoms with Crippen molar-refractivity contribution in [3.63, 3.8) is 0 Å². The molecule has 0 amide bonds. The van der Waals surface area contributed by atoms with Crippen molar-refractivity contribution in [2.24, 2.45) is 0 Å². The maximum absolute atomic E-state index is 12.8. The summed E-state index contributed by atoms with van der Waals surface area (Å²) in [4.78, 5) is 11.7. The molecule has 0 radical (unpaired) electrons. The lowest BCUT2D eigenvalue weighted by Gasteiger charge is -2.15. The van der Waals surface area contributed by atoms with Crippen LogP contribution in [0.2, 0.25) is 0 Å². The van der Waals surface area contributed by atoms with E-state index in [9.17, 15) is 18.0 Å². The zero-order valence-corrected chi connectivity index (χ0v) is 11.7. The summed E-state index contributed by atoms with van der Waals surface area (Å²) >= 11 is 0. The smallest absolute Gasteiger partial charge is 0.416 e. The molecule has 6 heteroatoms. The summed E-state index contributed by atoms with van der Waals surface area (Å²) in [6.07, 6.45) is -5.26. The molecule has 1 aromatic carbocycles. The van der Waals surface area contributed by atoms with Crippen LogP contribution in [0, 0.1) is 0 Å². The van der Waals surface area contributed by atoms with Crippen LogP contribution < -0.4 is 4.74 Å². The molecule has 0 saturated carbocycles. The molecular weight excluding hydrogens is 273 g/mol. The Morgan fingerprint density at radius 3 is 2.10 bits per heavy atom. The van der Waals surface area contributed by atoms with Gasteiger partial charge in [-0.2, -0.15) is 13.2 Å². The van der Waals surface area contributed by atoms with Crippen molar-refractivity contribution in [1.29, 1.82) is 0 Å². The number of alkyl halides is 3. The van der Waals surface area contributed by atoms with Gasteiger partial charge in [-0.25, -0.2) is 4.79 Å². The maximum atomic E-state index is 12.8. The molecule has 0 aliphatic carbocycles. The van der Waals surface area contributed by atoms with E-state index >= 15 is 0 Å². The Labute approximate surface area is 115 Å². The molecule has 112 valence electrons. The third-order valence-electron chi connectivity index (χ3n) is 2.18. The van der Waals surface area contributed by atoms with Gasteiger partial charge in [0.1, 0.15) is 5.75 Å². The monoisotopic (exact) mass is 290 g/mol. The number of benzene rings is 1. The van der Waals surface area contributed by atoms with E-state index in [0.29, 0.717) is 0 Å². The van der Waals surface area contributed by atoms with Crippen LogP contribution >= 0.6 is 0 Å². The zero-order chi connectivity index (χ0) is 15.5. The van der Waals surface area contributed by atoms with Gasteiger partial charge in [-0.1, -0.05) is 0 Å². The minimum absolute atomic E-state index is 0.00877. The van der Waals surface area contributed by atoms with E-state index in [1.165, 1.54) is 6.07 Å². The predicted octanol–water partition coefficient (Wildman–Crippen LogP) is 4.06. The standard InChI is InChI=1S/C14H17F3O3/c1-8(2)19-12-6-10(13(18)20-9(3)4)5-11(7-12)14(15,16)17/h5-9H,1-4H3. The molecule has 0 unspecified atom stereocenters. The van der Waals surface area contributed by atoms with E-state index in [-0.39, 0.29) is 17.4 Å². The second-order valence-corrected chi connectivity index (χ2v) is 4.86. The Hall–Kier alpha value is -1.72. The second kappa shape index (κ2) is 6.15. The molecule has 1 aromatic rings. The van der Waals surface area contributed by atoms with Gasteiger partial charge in [0, 0.05) is 0 Å². The fourth-order valence-corrected chi connectivity index (χ4v) is 1.50. The molecule has 0 N–H and O–H groups in total. The van der Waals surface area contributed by atoms with Crippen molar-refractivity contribution < 1.29 is 27.4 Å². The number of esters is 1. The Bertz CT molecular complexity index is 479. The highest BCUT2D eigenvalue weighted by molar-refractivity contribution is 5.90. The minimum Gasteiger partial charge on any atom is -0.491 e. The van der Waals surface area contributed by atoms with Gasteiger partial charge < -0.3 is 9.47 Å². The molecule has 0 aromatic heterocycles. The Morgan fingerprint density at radius 1 is 1.05 bits per heavy atom. The first-order valence-corrected chi connectivity index (χ1v) is 6.19. The van der Waals surface area contributed by atoms with E-state index < -0.39 is 23.8 Å². The van der Waals surface area contributed by atoms with Gasteiger partial charge in [-0.05, 0) is 45.9 Å². The van der Waals surface area contributed by atoms with Crippen molar-refractivity contribution in [2.75, 3.05) is 0 Å². The normalized spacial score (nSPS) is 11.8. The van der Waals surface area contributed by atoms with Gasteiger partial charge in [-0.3, -0.25) is 0 Å². The van der Waals surface area contributed by atoms with Gasteiger partial charge in [0.05, 0.1) is 23.3 Å². The van der Waals surface area contributed by atoms with E-state index in [1.807, 2.05) is 0 Å². The molecule has 0 heterocycles. The van der Waals surface area contributed by atoms with Gasteiger partial charge in [0.15, 0.2) is 0 Å². The summed E-state index contributed by atoms with van der Waals surface area (Å²) in [6, 6.07) is 2.88. The number of hydrogen-bond acceptors (Lipinski definition) is 3. The molecule has 0 atom stereocenters. The molecule has 0 fully saturated rings. The third-order valence-corrected chi connectivity index (χ3v) is 2.18. The van der Waals surface area contributed by atoms with Gasteiger partial charge in [0.2, 0.25) is 0 Å². The van der Waals surface area contributed by atoms with Crippen LogP contribution in [0.4, 0.5) is 13.2 Å². The third kappa shape index (κ3) is 4.75. The Balaban J connectivity index is 3.19. The fourth-order valence-electron chi connectivity index (χ4n) is 1.50. The quantitative estimate of drug-likeness (QED) is 0.784. The summed E-state index contributed by atoms with van der Waals surface area (Å²) in [6.45, 7) is 6.62. The topological polar surface area (TPSA) is 35.5 Å². The summed E-state index contributed by atoms with van der Waals surface area (Å²) in [5.41, 5.74) is -1.12. The van der Waals surface area contributed by atoms with Crippen molar-refractivity contribution in [3.8, 4) is 5.75 Å². The number of halogens is 3. The highest BCUT2D eigenvalue weighted by atomic mass is 19.4. The summed E-state index contributed by atoms with van der Waals surface area (Å²) < 4.78 is 48.6. The second-order valence-electron chi connectivity index (χ2n) is 4.86. The predicted molar refractivity (Wildman–Crippen MR) is 67.8 cm³/mol. The molecule has 0 saturated heterocycles. The first-order valence-electron chi connectivity index (χ1n) is 6.19. The molecule has 20 heavy (non-hydrogen) atoms. The molecule has 0 aliphatic heterocycles. The van der Waals surface area contributed by atoms with Crippen LogP contribution in [0.3, 0.4) is 0 Å². The van der Waals surface area contributed by atoms with E-state index in [1.54, 1.807) is 27.7 Å². The average molecular weight is 290 g/mol. The molecule has 3 nitrogen and oxygen atoms in total. The number of ether oxygens (including phenoxy) is 2. The largest absolute Gasteiger partial charge is 0.491 e. The van der Waals surface area contributed by atoms with Crippen molar-refractivity contribution in [2.45, 2.75) is 46.1 Å². The zero-order valence-electron chi connectivity index (χ0n) is 11.7. The summed E-state index contributed by atoms with van der Waals surface area (Å²) in [7, 11) is 0. The van der Waals surface area contributed by atoms with Crippen molar-refractivity contribution in [1.82, 2.24) is 0 Å². The molecule has 0 bridgehead atoms.